The minimum Gasteiger partial charge on any atom is -0.492 e. The molecule has 1 aliphatic carbocycles. The van der Waals surface area contributed by atoms with Crippen LogP contribution in [0.5, 0.6) is 5.75 Å². The molecule has 0 amide bonds. The molecule has 0 spiro atoms. The van der Waals surface area contributed by atoms with Crippen LogP contribution in [-0.4, -0.2) is 13.2 Å². The Morgan fingerprint density at radius 3 is 2.79 bits per heavy atom. The molecule has 2 aliphatic rings. The third kappa shape index (κ3) is 2.82. The third-order valence-corrected chi connectivity index (χ3v) is 5.26. The first-order chi connectivity index (χ1) is 9.17. The van der Waals surface area contributed by atoms with Crippen LogP contribution in [0, 0.1) is 5.92 Å². The molecule has 0 aromatic heterocycles. The van der Waals surface area contributed by atoms with E-state index >= 15 is 0 Å². The predicted molar refractivity (Wildman–Crippen MR) is 81.6 cm³/mol. The molecule has 1 heterocycles. The molecule has 1 N–H and O–H groups in total. The van der Waals surface area contributed by atoms with Gasteiger partial charge in [0.2, 0.25) is 0 Å². The molecule has 2 fully saturated rings. The average Bonchev–Trinajstić information content (AvgIpc) is 2.77. The molecule has 1 atom stereocenters. The summed E-state index contributed by atoms with van der Waals surface area (Å²) in [5, 5.41) is 3.60. The first-order valence-corrected chi connectivity index (χ1v) is 8.14. The fourth-order valence-electron chi connectivity index (χ4n) is 2.97. The number of hydrogen-bond donors (Lipinski definition) is 1. The smallest absolute Gasteiger partial charge is 0.133 e. The topological polar surface area (TPSA) is 21.3 Å². The molecule has 1 aromatic rings. The van der Waals surface area contributed by atoms with Gasteiger partial charge in [0.15, 0.2) is 0 Å². The van der Waals surface area contributed by atoms with E-state index in [0.717, 1.165) is 29.3 Å². The van der Waals surface area contributed by atoms with E-state index < -0.39 is 0 Å². The van der Waals surface area contributed by atoms with Gasteiger partial charge in [-0.15, -0.1) is 0 Å². The lowest BCUT2D eigenvalue weighted by Gasteiger charge is -2.27. The van der Waals surface area contributed by atoms with Crippen molar-refractivity contribution >= 4 is 15.9 Å². The van der Waals surface area contributed by atoms with Gasteiger partial charge in [-0.2, -0.15) is 0 Å². The van der Waals surface area contributed by atoms with E-state index in [1.54, 1.807) is 0 Å². The summed E-state index contributed by atoms with van der Waals surface area (Å²) in [7, 11) is 0. The lowest BCUT2D eigenvalue weighted by Crippen LogP contribution is -2.33. The minimum atomic E-state index is 0.134. The van der Waals surface area contributed by atoms with Crippen LogP contribution in [-0.2, 0) is 5.54 Å². The van der Waals surface area contributed by atoms with Gasteiger partial charge in [0.25, 0.3) is 0 Å². The Bertz CT molecular complexity index is 450. The molecular weight excluding hydrogens is 302 g/mol. The second-order valence-electron chi connectivity index (χ2n) is 6.12. The molecule has 1 unspecified atom stereocenters. The van der Waals surface area contributed by atoms with Crippen LogP contribution in [0.2, 0.25) is 0 Å². The molecule has 2 nitrogen and oxygen atoms in total. The highest BCUT2D eigenvalue weighted by molar-refractivity contribution is 9.10. The monoisotopic (exact) mass is 323 g/mol. The van der Waals surface area contributed by atoms with Crippen LogP contribution < -0.4 is 10.1 Å². The van der Waals surface area contributed by atoms with Gasteiger partial charge in [-0.05, 0) is 78.7 Å². The SMILES string of the molecule is CC1(c2ccc(OCC3CCC3)c(Br)c2)CCCN1. The van der Waals surface area contributed by atoms with E-state index in [4.69, 9.17) is 4.74 Å². The Hall–Kier alpha value is -0.540. The van der Waals surface area contributed by atoms with E-state index in [9.17, 15) is 0 Å². The van der Waals surface area contributed by atoms with Gasteiger partial charge in [-0.3, -0.25) is 0 Å². The summed E-state index contributed by atoms with van der Waals surface area (Å²) in [4.78, 5) is 0. The number of nitrogens with one attached hydrogen (secondary N) is 1. The maximum Gasteiger partial charge on any atom is 0.133 e. The lowest BCUT2D eigenvalue weighted by molar-refractivity contribution is 0.180. The van der Waals surface area contributed by atoms with E-state index in [0.29, 0.717) is 0 Å². The van der Waals surface area contributed by atoms with Crippen molar-refractivity contribution in [3.63, 3.8) is 0 Å². The predicted octanol–water partition coefficient (Wildman–Crippen LogP) is 4.23. The molecule has 1 saturated heterocycles. The normalized spacial score (nSPS) is 27.3. The molecule has 0 bridgehead atoms. The average molecular weight is 324 g/mol. The van der Waals surface area contributed by atoms with Crippen LogP contribution in [0.15, 0.2) is 22.7 Å². The third-order valence-electron chi connectivity index (χ3n) is 4.64. The Balaban J connectivity index is 1.69. The van der Waals surface area contributed by atoms with E-state index in [2.05, 4.69) is 46.4 Å². The van der Waals surface area contributed by atoms with Gasteiger partial charge in [0.1, 0.15) is 5.75 Å². The maximum absolute atomic E-state index is 5.92. The van der Waals surface area contributed by atoms with E-state index in [1.807, 2.05) is 0 Å². The van der Waals surface area contributed by atoms with Gasteiger partial charge < -0.3 is 10.1 Å². The lowest BCUT2D eigenvalue weighted by atomic mass is 9.86. The Labute approximate surface area is 124 Å². The van der Waals surface area contributed by atoms with Crippen molar-refractivity contribution in [1.82, 2.24) is 5.32 Å². The number of halogens is 1. The van der Waals surface area contributed by atoms with Gasteiger partial charge in [0, 0.05) is 5.54 Å². The fraction of sp³-hybridized carbons (Fsp3) is 0.625. The molecule has 104 valence electrons. The zero-order valence-electron chi connectivity index (χ0n) is 11.5. The maximum atomic E-state index is 5.92. The molecule has 1 saturated carbocycles. The summed E-state index contributed by atoms with van der Waals surface area (Å²) in [6.45, 7) is 4.28. The summed E-state index contributed by atoms with van der Waals surface area (Å²) in [5.74, 6) is 1.76. The molecule has 1 aromatic carbocycles. The van der Waals surface area contributed by atoms with Crippen molar-refractivity contribution in [3.05, 3.63) is 28.2 Å². The second-order valence-corrected chi connectivity index (χ2v) is 6.97. The number of rotatable bonds is 4. The number of ether oxygens (including phenoxy) is 1. The summed E-state index contributed by atoms with van der Waals surface area (Å²) < 4.78 is 7.01. The largest absolute Gasteiger partial charge is 0.492 e. The molecule has 19 heavy (non-hydrogen) atoms. The highest BCUT2D eigenvalue weighted by Crippen LogP contribution is 2.36. The van der Waals surface area contributed by atoms with Gasteiger partial charge in [0.05, 0.1) is 11.1 Å². The molecule has 3 rings (SSSR count). The standard InChI is InChI=1S/C16H22BrNO/c1-16(8-3-9-18-16)13-6-7-15(14(17)10-13)19-11-12-4-2-5-12/h6-7,10,12,18H,2-5,8-9,11H2,1H3. The van der Waals surface area contributed by atoms with Crippen LogP contribution in [0.3, 0.4) is 0 Å². The Morgan fingerprint density at radius 2 is 2.21 bits per heavy atom. The zero-order chi connectivity index (χ0) is 13.3. The minimum absolute atomic E-state index is 0.134. The summed E-state index contributed by atoms with van der Waals surface area (Å²) >= 11 is 3.66. The Kier molecular flexibility index (Phi) is 3.86. The van der Waals surface area contributed by atoms with Crippen LogP contribution in [0.4, 0.5) is 0 Å². The van der Waals surface area contributed by atoms with Gasteiger partial charge in [-0.25, -0.2) is 0 Å². The molecule has 1 aliphatic heterocycles. The highest BCUT2D eigenvalue weighted by Gasteiger charge is 2.30. The van der Waals surface area contributed by atoms with Crippen molar-refractivity contribution in [3.8, 4) is 5.75 Å². The quantitative estimate of drug-likeness (QED) is 0.895. The van der Waals surface area contributed by atoms with Gasteiger partial charge in [-0.1, -0.05) is 12.5 Å². The van der Waals surface area contributed by atoms with E-state index in [1.165, 1.54) is 37.7 Å². The van der Waals surface area contributed by atoms with Crippen LogP contribution in [0.1, 0.15) is 44.6 Å². The molecule has 3 heteroatoms. The van der Waals surface area contributed by atoms with Crippen molar-refractivity contribution < 1.29 is 4.74 Å². The van der Waals surface area contributed by atoms with Crippen molar-refractivity contribution in [2.75, 3.05) is 13.2 Å². The summed E-state index contributed by atoms with van der Waals surface area (Å²) in [5.41, 5.74) is 1.49. The van der Waals surface area contributed by atoms with Crippen molar-refractivity contribution in [2.45, 2.75) is 44.6 Å². The first-order valence-electron chi connectivity index (χ1n) is 7.35. The van der Waals surface area contributed by atoms with Crippen molar-refractivity contribution in [1.29, 1.82) is 0 Å². The second kappa shape index (κ2) is 5.45. The van der Waals surface area contributed by atoms with E-state index in [-0.39, 0.29) is 5.54 Å². The number of benzene rings is 1. The highest BCUT2D eigenvalue weighted by atomic mass is 79.9. The molecular formula is C16H22BrNO. The Morgan fingerprint density at radius 1 is 1.37 bits per heavy atom. The van der Waals surface area contributed by atoms with Crippen molar-refractivity contribution in [2.24, 2.45) is 5.92 Å². The molecule has 0 radical (unpaired) electrons. The first kappa shape index (κ1) is 13.4. The van der Waals surface area contributed by atoms with Crippen LogP contribution in [0.25, 0.3) is 0 Å². The zero-order valence-corrected chi connectivity index (χ0v) is 13.1. The van der Waals surface area contributed by atoms with Gasteiger partial charge >= 0.3 is 0 Å². The van der Waals surface area contributed by atoms with Crippen LogP contribution >= 0.6 is 15.9 Å². The summed E-state index contributed by atoms with van der Waals surface area (Å²) in [6, 6.07) is 6.54. The fourth-order valence-corrected chi connectivity index (χ4v) is 3.46. The number of hydrogen-bond acceptors (Lipinski definition) is 2. The summed E-state index contributed by atoms with van der Waals surface area (Å²) in [6.07, 6.45) is 6.50.